The van der Waals surface area contributed by atoms with Gasteiger partial charge in [0.1, 0.15) is 6.54 Å². The summed E-state index contributed by atoms with van der Waals surface area (Å²) in [7, 11) is -1.15. The first kappa shape index (κ1) is 23.4. The maximum atomic E-state index is 13.7. The van der Waals surface area contributed by atoms with Crippen LogP contribution in [0, 0.1) is 10.1 Å². The van der Waals surface area contributed by atoms with E-state index in [1.165, 1.54) is 63.5 Å². The average molecular weight is 490 g/mol. The number of nitro groups is 1. The quantitative estimate of drug-likeness (QED) is 0.370. The fraction of sp³-hybridized carbons (Fsp3) is 0.333. The highest BCUT2D eigenvalue weighted by atomic mass is 32.2. The van der Waals surface area contributed by atoms with Crippen LogP contribution in [-0.4, -0.2) is 66.1 Å². The van der Waals surface area contributed by atoms with Crippen molar-refractivity contribution >= 4 is 38.3 Å². The van der Waals surface area contributed by atoms with E-state index >= 15 is 0 Å². The summed E-state index contributed by atoms with van der Waals surface area (Å²) in [6.45, 7) is 0.894. The van der Waals surface area contributed by atoms with E-state index in [0.29, 0.717) is 37.3 Å². The molecule has 0 unspecified atom stereocenters. The van der Waals surface area contributed by atoms with E-state index in [9.17, 15) is 28.1 Å². The number of morpholine rings is 1. The molecule has 1 aromatic heterocycles. The predicted molar refractivity (Wildman–Crippen MR) is 123 cm³/mol. The van der Waals surface area contributed by atoms with Crippen LogP contribution in [0.5, 0.6) is 0 Å². The van der Waals surface area contributed by atoms with Crippen molar-refractivity contribution in [2.45, 2.75) is 4.90 Å². The van der Waals surface area contributed by atoms with E-state index < -0.39 is 27.4 Å². The Morgan fingerprint density at radius 3 is 2.29 bits per heavy atom. The maximum absolute atomic E-state index is 13.7. The molecule has 0 saturated carbocycles. The number of fused-ring (bicyclic) bond motifs is 1. The van der Waals surface area contributed by atoms with Crippen molar-refractivity contribution < 1.29 is 22.9 Å². The van der Waals surface area contributed by atoms with E-state index in [2.05, 4.69) is 0 Å². The summed E-state index contributed by atoms with van der Waals surface area (Å²) in [5.74, 6) is -0.418. The first-order valence-corrected chi connectivity index (χ1v) is 11.8. The number of non-ortho nitro benzene ring substituents is 1. The zero-order valence-corrected chi connectivity index (χ0v) is 19.4. The number of sulfonamides is 1. The van der Waals surface area contributed by atoms with Crippen LogP contribution in [0.4, 0.5) is 11.4 Å². The van der Waals surface area contributed by atoms with Gasteiger partial charge in [0.05, 0.1) is 39.8 Å². The summed E-state index contributed by atoms with van der Waals surface area (Å²) in [5, 5.41) is 11.0. The zero-order chi connectivity index (χ0) is 24.6. The van der Waals surface area contributed by atoms with Crippen molar-refractivity contribution in [3.8, 4) is 0 Å². The zero-order valence-electron chi connectivity index (χ0n) is 18.6. The molecule has 3 aromatic rings. The minimum Gasteiger partial charge on any atom is -0.378 e. The van der Waals surface area contributed by atoms with Gasteiger partial charge in [-0.2, -0.15) is 0 Å². The lowest BCUT2D eigenvalue weighted by Gasteiger charge is -2.30. The highest BCUT2D eigenvalue weighted by Crippen LogP contribution is 2.27. The Bertz CT molecular complexity index is 1420. The van der Waals surface area contributed by atoms with Crippen molar-refractivity contribution in [1.82, 2.24) is 14.0 Å². The molecular formula is C21H23N5O7S. The molecule has 2 aromatic carbocycles. The molecule has 34 heavy (non-hydrogen) atoms. The molecule has 1 fully saturated rings. The molecule has 1 amide bonds. The third kappa shape index (κ3) is 4.15. The predicted octanol–water partition coefficient (Wildman–Crippen LogP) is 0.839. The molecule has 0 aliphatic carbocycles. The Hall–Kier alpha value is -3.71. The summed E-state index contributed by atoms with van der Waals surface area (Å²) in [6.07, 6.45) is 0. The first-order chi connectivity index (χ1) is 16.1. The van der Waals surface area contributed by atoms with Gasteiger partial charge in [0.15, 0.2) is 0 Å². The monoisotopic (exact) mass is 489 g/mol. The van der Waals surface area contributed by atoms with Gasteiger partial charge in [-0.15, -0.1) is 0 Å². The van der Waals surface area contributed by atoms with Crippen molar-refractivity contribution in [1.29, 1.82) is 0 Å². The van der Waals surface area contributed by atoms with Crippen molar-refractivity contribution in [3.63, 3.8) is 0 Å². The lowest BCUT2D eigenvalue weighted by atomic mass is 10.3. The average Bonchev–Trinajstić information content (AvgIpc) is 3.06. The van der Waals surface area contributed by atoms with E-state index in [1.807, 2.05) is 0 Å². The molecule has 4 rings (SSSR count). The van der Waals surface area contributed by atoms with Crippen LogP contribution in [0.25, 0.3) is 11.0 Å². The summed E-state index contributed by atoms with van der Waals surface area (Å²) >= 11 is 0. The number of carbonyl (C=O) groups excluding carboxylic acids is 1. The molecule has 1 aliphatic heterocycles. The van der Waals surface area contributed by atoms with Gasteiger partial charge in [0.25, 0.3) is 15.7 Å². The Morgan fingerprint density at radius 2 is 1.68 bits per heavy atom. The number of nitrogens with zero attached hydrogens (tertiary/aromatic N) is 5. The summed E-state index contributed by atoms with van der Waals surface area (Å²) < 4.78 is 36.4. The number of aromatic nitrogens is 2. The van der Waals surface area contributed by atoms with Gasteiger partial charge < -0.3 is 9.64 Å². The minimum absolute atomic E-state index is 0.106. The van der Waals surface area contributed by atoms with Gasteiger partial charge in [-0.1, -0.05) is 0 Å². The fourth-order valence-corrected chi connectivity index (χ4v) is 5.30. The Morgan fingerprint density at radius 1 is 1.06 bits per heavy atom. The third-order valence-electron chi connectivity index (χ3n) is 5.82. The van der Waals surface area contributed by atoms with Crippen molar-refractivity contribution in [2.24, 2.45) is 14.1 Å². The van der Waals surface area contributed by atoms with E-state index in [-0.39, 0.29) is 22.0 Å². The summed E-state index contributed by atoms with van der Waals surface area (Å²) in [4.78, 5) is 37.1. The third-order valence-corrected chi connectivity index (χ3v) is 7.59. The van der Waals surface area contributed by atoms with Gasteiger partial charge in [-0.25, -0.2) is 13.2 Å². The lowest BCUT2D eigenvalue weighted by Crippen LogP contribution is -2.47. The fourth-order valence-electron chi connectivity index (χ4n) is 3.87. The van der Waals surface area contributed by atoms with Crippen LogP contribution < -0.4 is 9.99 Å². The Labute approximate surface area is 194 Å². The van der Waals surface area contributed by atoms with E-state index in [1.54, 1.807) is 7.05 Å². The number of hydrogen-bond donors (Lipinski definition) is 0. The van der Waals surface area contributed by atoms with Crippen molar-refractivity contribution in [3.05, 3.63) is 63.1 Å². The second kappa shape index (κ2) is 8.91. The second-order valence-electron chi connectivity index (χ2n) is 7.83. The molecule has 1 saturated heterocycles. The number of amides is 1. The normalized spacial score (nSPS) is 14.4. The molecule has 0 spiro atoms. The SMILES string of the molecule is Cn1c(=O)n(C)c2cc(S(=O)(=O)N(CC(=O)N3CCOCC3)c3ccc([N+](=O)[O-])cc3)ccc21. The molecule has 12 nitrogen and oxygen atoms in total. The highest BCUT2D eigenvalue weighted by molar-refractivity contribution is 7.92. The number of aryl methyl sites for hydroxylation is 2. The number of benzene rings is 2. The van der Waals surface area contributed by atoms with Crippen LogP contribution in [0.3, 0.4) is 0 Å². The van der Waals surface area contributed by atoms with E-state index in [0.717, 1.165) is 4.31 Å². The van der Waals surface area contributed by atoms with Gasteiger partial charge in [-0.05, 0) is 30.3 Å². The van der Waals surface area contributed by atoms with Crippen LogP contribution >= 0.6 is 0 Å². The highest BCUT2D eigenvalue weighted by Gasteiger charge is 2.30. The number of anilines is 1. The molecule has 0 radical (unpaired) electrons. The van der Waals surface area contributed by atoms with Gasteiger partial charge >= 0.3 is 5.69 Å². The number of carbonyl (C=O) groups is 1. The minimum atomic E-state index is -4.27. The van der Waals surface area contributed by atoms with Gasteiger partial charge in [0.2, 0.25) is 5.91 Å². The molecule has 2 heterocycles. The number of nitro benzene ring substituents is 1. The number of ether oxygens (including phenoxy) is 1. The number of hydrogen-bond acceptors (Lipinski definition) is 7. The van der Waals surface area contributed by atoms with Crippen LogP contribution in [0.15, 0.2) is 52.2 Å². The standard InChI is InChI=1S/C21H23N5O7S/c1-22-18-8-7-17(13-19(18)23(2)21(22)28)34(31,32)25(14-20(27)24-9-11-33-12-10-24)15-3-5-16(6-4-15)26(29)30/h3-8,13H,9-12,14H2,1-2H3. The molecule has 1 aliphatic rings. The first-order valence-electron chi connectivity index (χ1n) is 10.4. The summed E-state index contributed by atoms with van der Waals surface area (Å²) in [5.41, 5.74) is 0.560. The van der Waals surface area contributed by atoms with Gasteiger partial charge in [0, 0.05) is 39.3 Å². The smallest absolute Gasteiger partial charge is 0.328 e. The van der Waals surface area contributed by atoms with Gasteiger partial charge in [-0.3, -0.25) is 28.3 Å². The maximum Gasteiger partial charge on any atom is 0.328 e. The number of imidazole rings is 1. The lowest BCUT2D eigenvalue weighted by molar-refractivity contribution is -0.384. The number of rotatable bonds is 6. The molecule has 0 bridgehead atoms. The molecule has 180 valence electrons. The van der Waals surface area contributed by atoms with Crippen LogP contribution in [0.2, 0.25) is 0 Å². The Kier molecular flexibility index (Phi) is 6.15. The molecule has 13 heteroatoms. The van der Waals surface area contributed by atoms with Crippen LogP contribution in [0.1, 0.15) is 0 Å². The van der Waals surface area contributed by atoms with Crippen LogP contribution in [-0.2, 0) is 33.7 Å². The molecule has 0 N–H and O–H groups in total. The Balaban J connectivity index is 1.78. The molecule has 0 atom stereocenters. The second-order valence-corrected chi connectivity index (χ2v) is 9.69. The topological polar surface area (TPSA) is 137 Å². The van der Waals surface area contributed by atoms with E-state index in [4.69, 9.17) is 4.74 Å². The van der Waals surface area contributed by atoms with Crippen molar-refractivity contribution in [2.75, 3.05) is 37.2 Å². The molecular weight excluding hydrogens is 466 g/mol. The summed E-state index contributed by atoms with van der Waals surface area (Å²) in [6, 6.07) is 9.22. The largest absolute Gasteiger partial charge is 0.378 e.